The fraction of sp³-hybridized carbons (Fsp3) is 0.273. The zero-order chi connectivity index (χ0) is 32.7. The second-order valence-electron chi connectivity index (χ2n) is 11.9. The van der Waals surface area contributed by atoms with Crippen molar-refractivity contribution in [1.29, 1.82) is 0 Å². The van der Waals surface area contributed by atoms with E-state index in [-0.39, 0.29) is 21.5 Å². The summed E-state index contributed by atoms with van der Waals surface area (Å²) in [6.07, 6.45) is -1.90. The van der Waals surface area contributed by atoms with Crippen LogP contribution in [0.2, 0.25) is 0 Å². The van der Waals surface area contributed by atoms with Crippen LogP contribution in [0.1, 0.15) is 73.9 Å². The molecule has 1 aliphatic carbocycles. The van der Waals surface area contributed by atoms with E-state index in [0.717, 1.165) is 16.7 Å². The molecule has 4 aromatic rings. The van der Waals surface area contributed by atoms with Gasteiger partial charge in [-0.05, 0) is 98.2 Å². The van der Waals surface area contributed by atoms with Crippen molar-refractivity contribution in [3.05, 3.63) is 104 Å². The van der Waals surface area contributed by atoms with Crippen LogP contribution in [0.15, 0.2) is 58.3 Å². The van der Waals surface area contributed by atoms with Gasteiger partial charge in [0.15, 0.2) is 0 Å². The summed E-state index contributed by atoms with van der Waals surface area (Å²) < 4.78 is 77.3. The summed E-state index contributed by atoms with van der Waals surface area (Å²) in [5.41, 5.74) is 7.40. The topological polar surface area (TPSA) is 168 Å². The lowest BCUT2D eigenvalue weighted by Crippen LogP contribution is -2.13. The number of fused-ring (bicyclic) bond motifs is 5. The van der Waals surface area contributed by atoms with Crippen molar-refractivity contribution in [1.82, 2.24) is 0 Å². The average Bonchev–Trinajstić information content (AvgIpc) is 3.72. The zero-order valence-corrected chi connectivity index (χ0v) is 27.1. The van der Waals surface area contributed by atoms with Crippen molar-refractivity contribution >= 4 is 43.0 Å². The van der Waals surface area contributed by atoms with Crippen molar-refractivity contribution in [2.24, 2.45) is 0 Å². The molecule has 0 bridgehead atoms. The lowest BCUT2D eigenvalue weighted by molar-refractivity contribution is 0.216. The monoisotopic (exact) mass is 649 g/mol. The van der Waals surface area contributed by atoms with Crippen LogP contribution in [-0.2, 0) is 25.0 Å². The summed E-state index contributed by atoms with van der Waals surface area (Å²) in [6, 6.07) is 14.3. The zero-order valence-electron chi connectivity index (χ0n) is 25.5. The third-order valence-corrected chi connectivity index (χ3v) is 11.0. The SMILES string of the molecule is Cc1cc(C)c(S(=O)(=O)[O-])c(C)c1Nc1ccc(Nc2c(C)cc(C)c(S(=O)(=O)O)c2C)c2c1C1OC1c1ccccc1C2O. The molecule has 10 nitrogen and oxygen atoms in total. The van der Waals surface area contributed by atoms with Crippen molar-refractivity contribution in [2.45, 2.75) is 69.6 Å². The minimum Gasteiger partial charge on any atom is -0.744 e. The number of rotatable bonds is 6. The van der Waals surface area contributed by atoms with E-state index < -0.39 is 32.4 Å². The van der Waals surface area contributed by atoms with Gasteiger partial charge in [0, 0.05) is 33.9 Å². The van der Waals surface area contributed by atoms with Crippen LogP contribution in [0, 0.1) is 41.5 Å². The quantitative estimate of drug-likeness (QED) is 0.136. The second-order valence-corrected chi connectivity index (χ2v) is 14.5. The van der Waals surface area contributed by atoms with E-state index in [0.29, 0.717) is 56.1 Å². The molecule has 0 amide bonds. The minimum atomic E-state index is -4.76. The smallest absolute Gasteiger partial charge is 0.295 e. The summed E-state index contributed by atoms with van der Waals surface area (Å²) in [5.74, 6) is 0. The number of aliphatic hydroxyl groups is 1. The number of anilines is 4. The Morgan fingerprint density at radius 1 is 0.689 bits per heavy atom. The van der Waals surface area contributed by atoms with Crippen LogP contribution in [-0.4, -0.2) is 31.0 Å². The van der Waals surface area contributed by atoms with Gasteiger partial charge in [0.25, 0.3) is 10.1 Å². The number of hydrogen-bond acceptors (Lipinski definition) is 9. The number of aliphatic hydroxyl groups excluding tert-OH is 1. The van der Waals surface area contributed by atoms with Crippen LogP contribution < -0.4 is 10.6 Å². The van der Waals surface area contributed by atoms with E-state index in [4.69, 9.17) is 4.74 Å². The van der Waals surface area contributed by atoms with Gasteiger partial charge in [-0.2, -0.15) is 8.42 Å². The van der Waals surface area contributed by atoms with Crippen molar-refractivity contribution in [2.75, 3.05) is 10.6 Å². The van der Waals surface area contributed by atoms with Gasteiger partial charge in [0.2, 0.25) is 0 Å². The van der Waals surface area contributed by atoms with E-state index in [9.17, 15) is 31.0 Å². The Balaban J connectivity index is 1.58. The Labute approximate surface area is 262 Å². The van der Waals surface area contributed by atoms with Crippen LogP contribution in [0.25, 0.3) is 0 Å². The average molecular weight is 650 g/mol. The Morgan fingerprint density at radius 3 is 1.71 bits per heavy atom. The summed E-state index contributed by atoms with van der Waals surface area (Å²) in [5, 5.41) is 18.7. The highest BCUT2D eigenvalue weighted by Crippen LogP contribution is 2.60. The summed E-state index contributed by atoms with van der Waals surface area (Å²) in [7, 11) is -9.28. The maximum absolute atomic E-state index is 12.3. The van der Waals surface area contributed by atoms with E-state index >= 15 is 0 Å². The Hall–Kier alpha value is -3.78. The van der Waals surface area contributed by atoms with E-state index in [1.807, 2.05) is 38.1 Å². The molecular weight excluding hydrogens is 617 g/mol. The van der Waals surface area contributed by atoms with Gasteiger partial charge in [-0.3, -0.25) is 4.55 Å². The molecule has 236 valence electrons. The fourth-order valence-corrected chi connectivity index (χ4v) is 8.85. The number of hydrogen-bond donors (Lipinski definition) is 4. The Morgan fingerprint density at radius 2 is 1.18 bits per heavy atom. The van der Waals surface area contributed by atoms with Crippen LogP contribution in [0.5, 0.6) is 0 Å². The number of ether oxygens (including phenoxy) is 1. The molecule has 0 saturated carbocycles. The van der Waals surface area contributed by atoms with Crippen LogP contribution in [0.3, 0.4) is 0 Å². The molecular formula is C33H33N2O8S2-. The number of aryl methyl sites for hydroxylation is 4. The largest absolute Gasteiger partial charge is 0.744 e. The molecule has 1 saturated heterocycles. The van der Waals surface area contributed by atoms with Gasteiger partial charge in [-0.25, -0.2) is 8.42 Å². The minimum absolute atomic E-state index is 0.189. The first-order valence-electron chi connectivity index (χ1n) is 14.3. The van der Waals surface area contributed by atoms with E-state index in [2.05, 4.69) is 10.6 Å². The predicted octanol–water partition coefficient (Wildman–Crippen LogP) is 6.38. The van der Waals surface area contributed by atoms with E-state index in [1.54, 1.807) is 52.0 Å². The third-order valence-electron chi connectivity index (χ3n) is 8.76. The van der Waals surface area contributed by atoms with Gasteiger partial charge >= 0.3 is 0 Å². The highest BCUT2D eigenvalue weighted by molar-refractivity contribution is 7.86. The van der Waals surface area contributed by atoms with Gasteiger partial charge < -0.3 is 25.0 Å². The second kappa shape index (κ2) is 10.6. The van der Waals surface area contributed by atoms with E-state index in [1.165, 1.54) is 0 Å². The summed E-state index contributed by atoms with van der Waals surface area (Å²) >= 11 is 0. The normalized spacial score (nSPS) is 18.8. The molecule has 12 heteroatoms. The highest BCUT2D eigenvalue weighted by Gasteiger charge is 2.49. The van der Waals surface area contributed by atoms with Gasteiger partial charge in [0.05, 0.1) is 4.90 Å². The van der Waals surface area contributed by atoms with Crippen LogP contribution in [0.4, 0.5) is 22.7 Å². The first kappa shape index (κ1) is 31.2. The fourth-order valence-electron chi connectivity index (χ4n) is 6.97. The third kappa shape index (κ3) is 5.21. The molecule has 0 aromatic heterocycles. The lowest BCUT2D eigenvalue weighted by Gasteiger charge is -2.26. The highest BCUT2D eigenvalue weighted by atomic mass is 32.2. The molecule has 3 unspecified atom stereocenters. The van der Waals surface area contributed by atoms with Crippen molar-refractivity contribution < 1.29 is 35.8 Å². The first-order valence-corrected chi connectivity index (χ1v) is 17.1. The van der Waals surface area contributed by atoms with Gasteiger partial charge in [-0.15, -0.1) is 0 Å². The maximum Gasteiger partial charge on any atom is 0.295 e. The lowest BCUT2D eigenvalue weighted by atomic mass is 9.93. The van der Waals surface area contributed by atoms with Crippen LogP contribution >= 0.6 is 0 Å². The molecule has 0 radical (unpaired) electrons. The predicted molar refractivity (Wildman–Crippen MR) is 169 cm³/mol. The molecule has 3 atom stereocenters. The van der Waals surface area contributed by atoms with Gasteiger partial charge in [-0.1, -0.05) is 36.4 Å². The number of benzene rings is 4. The molecule has 1 fully saturated rings. The molecule has 0 spiro atoms. The molecule has 4 N–H and O–H groups in total. The number of epoxide rings is 1. The van der Waals surface area contributed by atoms with Crippen molar-refractivity contribution in [3.8, 4) is 0 Å². The maximum atomic E-state index is 12.3. The Kier molecular flexibility index (Phi) is 7.39. The Bertz CT molecular complexity index is 2140. The standard InChI is InChI=1S/C33H34N2O8S2/c1-15-13-17(3)32(44(37,38)39)19(5)27(15)34-23-11-12-24(35-28-16(2)14-18(4)33(20(28)6)45(40,41)42)26-25(23)29(36)21-9-7-8-10-22(21)30-31(26)43-30/h7-14,29-31,34-36H,1-6H3,(H,37,38,39)(H,40,41,42)/p-1. The number of nitrogens with one attached hydrogen (secondary N) is 2. The molecule has 4 aromatic carbocycles. The molecule has 45 heavy (non-hydrogen) atoms. The molecule has 1 heterocycles. The van der Waals surface area contributed by atoms with Crippen molar-refractivity contribution in [3.63, 3.8) is 0 Å². The summed E-state index contributed by atoms with van der Waals surface area (Å²) in [6.45, 7) is 10.0. The molecule has 6 rings (SSSR count). The molecule has 2 aliphatic rings. The van der Waals surface area contributed by atoms with Gasteiger partial charge in [0.1, 0.15) is 33.3 Å². The summed E-state index contributed by atoms with van der Waals surface area (Å²) in [4.78, 5) is -0.473. The first-order chi connectivity index (χ1) is 21.0. The molecule has 1 aliphatic heterocycles.